The van der Waals surface area contributed by atoms with Gasteiger partial charge in [0.15, 0.2) is 11.6 Å². The van der Waals surface area contributed by atoms with Crippen LogP contribution in [0.25, 0.3) is 0 Å². The molecule has 0 aliphatic heterocycles. The summed E-state index contributed by atoms with van der Waals surface area (Å²) in [5.41, 5.74) is 0.528. The molecule has 0 heterocycles. The van der Waals surface area contributed by atoms with Crippen molar-refractivity contribution in [3.05, 3.63) is 29.6 Å². The summed E-state index contributed by atoms with van der Waals surface area (Å²) in [5, 5.41) is 8.89. The molecule has 1 atom stereocenters. The van der Waals surface area contributed by atoms with E-state index >= 15 is 0 Å². The second kappa shape index (κ2) is 7.61. The van der Waals surface area contributed by atoms with E-state index in [4.69, 9.17) is 9.84 Å². The normalized spacial score (nSPS) is 11.8. The van der Waals surface area contributed by atoms with Crippen LogP contribution in [0.5, 0.6) is 5.75 Å². The number of halogens is 1. The molecule has 1 aromatic rings. The molecule has 0 fully saturated rings. The summed E-state index contributed by atoms with van der Waals surface area (Å²) in [6, 6.07) is 4.34. The fourth-order valence-electron chi connectivity index (χ4n) is 1.92. The Hall–Kier alpha value is -2.11. The van der Waals surface area contributed by atoms with Crippen LogP contribution in [0.1, 0.15) is 19.4 Å². The summed E-state index contributed by atoms with van der Waals surface area (Å²) in [5.74, 6) is -2.21. The van der Waals surface area contributed by atoms with Gasteiger partial charge in [0.2, 0.25) is 5.91 Å². The van der Waals surface area contributed by atoms with Crippen LogP contribution in [-0.4, -0.2) is 42.1 Å². The van der Waals surface area contributed by atoms with Gasteiger partial charge in [-0.1, -0.05) is 13.0 Å². The number of hydrogen-bond acceptors (Lipinski definition) is 3. The number of amides is 1. The molecule has 0 aliphatic carbocycles. The molecule has 0 aromatic heterocycles. The lowest BCUT2D eigenvalue weighted by molar-refractivity contribution is -0.142. The van der Waals surface area contributed by atoms with Crippen LogP contribution in [0.2, 0.25) is 0 Å². The lowest BCUT2D eigenvalue weighted by Crippen LogP contribution is -2.37. The SMILES string of the molecule is CCN(CC(C)C(=O)O)C(=O)Cc1ccc(OC)c(F)c1. The highest BCUT2D eigenvalue weighted by atomic mass is 19.1. The summed E-state index contributed by atoms with van der Waals surface area (Å²) in [7, 11) is 1.37. The first-order chi connectivity index (χ1) is 9.88. The Morgan fingerprint density at radius 3 is 2.57 bits per heavy atom. The minimum atomic E-state index is -0.947. The first-order valence-electron chi connectivity index (χ1n) is 6.72. The topological polar surface area (TPSA) is 66.8 Å². The molecule has 1 aromatic carbocycles. The molecule has 5 nitrogen and oxygen atoms in total. The minimum absolute atomic E-state index is 0.0289. The van der Waals surface area contributed by atoms with Crippen molar-refractivity contribution in [2.45, 2.75) is 20.3 Å². The lowest BCUT2D eigenvalue weighted by atomic mass is 10.1. The van der Waals surface area contributed by atoms with E-state index in [-0.39, 0.29) is 24.6 Å². The molecule has 0 radical (unpaired) electrons. The number of rotatable bonds is 7. The van der Waals surface area contributed by atoms with Gasteiger partial charge in [0.1, 0.15) is 0 Å². The number of nitrogens with zero attached hydrogens (tertiary/aromatic N) is 1. The van der Waals surface area contributed by atoms with E-state index < -0.39 is 17.7 Å². The largest absolute Gasteiger partial charge is 0.494 e. The first-order valence-corrected chi connectivity index (χ1v) is 6.72. The van der Waals surface area contributed by atoms with Gasteiger partial charge >= 0.3 is 5.97 Å². The van der Waals surface area contributed by atoms with Crippen molar-refractivity contribution in [1.82, 2.24) is 4.90 Å². The molecule has 0 saturated heterocycles. The van der Waals surface area contributed by atoms with Crippen molar-refractivity contribution in [3.63, 3.8) is 0 Å². The van der Waals surface area contributed by atoms with E-state index in [0.29, 0.717) is 12.1 Å². The second-order valence-electron chi connectivity index (χ2n) is 4.82. The van der Waals surface area contributed by atoms with Crippen LogP contribution < -0.4 is 4.74 Å². The fourth-order valence-corrected chi connectivity index (χ4v) is 1.92. The van der Waals surface area contributed by atoms with Crippen molar-refractivity contribution in [2.75, 3.05) is 20.2 Å². The standard InChI is InChI=1S/C15H20FNO4/c1-4-17(9-10(2)15(19)20)14(18)8-11-5-6-13(21-3)12(16)7-11/h5-7,10H,4,8-9H2,1-3H3,(H,19,20). The fraction of sp³-hybridized carbons (Fsp3) is 0.467. The van der Waals surface area contributed by atoms with Crippen LogP contribution in [0, 0.1) is 11.7 Å². The zero-order valence-corrected chi connectivity index (χ0v) is 12.4. The van der Waals surface area contributed by atoms with Gasteiger partial charge in [-0.3, -0.25) is 9.59 Å². The maximum atomic E-state index is 13.6. The van der Waals surface area contributed by atoms with E-state index in [0.717, 1.165) is 0 Å². The molecular weight excluding hydrogens is 277 g/mol. The Bertz CT molecular complexity index is 518. The third-order valence-corrected chi connectivity index (χ3v) is 3.22. The predicted octanol–water partition coefficient (Wildman–Crippen LogP) is 1.95. The van der Waals surface area contributed by atoms with Crippen molar-refractivity contribution in [3.8, 4) is 5.75 Å². The molecule has 0 spiro atoms. The van der Waals surface area contributed by atoms with Gasteiger partial charge in [-0.15, -0.1) is 0 Å². The van der Waals surface area contributed by atoms with Crippen LogP contribution in [0.3, 0.4) is 0 Å². The number of aliphatic carboxylic acids is 1. The molecule has 0 saturated carbocycles. The van der Waals surface area contributed by atoms with E-state index in [1.807, 2.05) is 0 Å². The highest BCUT2D eigenvalue weighted by molar-refractivity contribution is 5.79. The van der Waals surface area contributed by atoms with Crippen LogP contribution in [-0.2, 0) is 16.0 Å². The lowest BCUT2D eigenvalue weighted by Gasteiger charge is -2.23. The number of carboxylic acids is 1. The Kier molecular flexibility index (Phi) is 6.14. The quantitative estimate of drug-likeness (QED) is 0.835. The number of ether oxygens (including phenoxy) is 1. The summed E-state index contributed by atoms with van der Waals surface area (Å²) >= 11 is 0. The Morgan fingerprint density at radius 2 is 2.10 bits per heavy atom. The van der Waals surface area contributed by atoms with Crippen molar-refractivity contribution in [2.24, 2.45) is 5.92 Å². The molecule has 0 bridgehead atoms. The van der Waals surface area contributed by atoms with E-state index in [9.17, 15) is 14.0 Å². The van der Waals surface area contributed by atoms with Crippen LogP contribution in [0.4, 0.5) is 4.39 Å². The minimum Gasteiger partial charge on any atom is -0.494 e. The Labute approximate surface area is 123 Å². The third-order valence-electron chi connectivity index (χ3n) is 3.22. The number of benzene rings is 1. The van der Waals surface area contributed by atoms with Crippen LogP contribution in [0.15, 0.2) is 18.2 Å². The molecule has 1 N–H and O–H groups in total. The molecule has 1 amide bonds. The van der Waals surface area contributed by atoms with Crippen molar-refractivity contribution in [1.29, 1.82) is 0 Å². The summed E-state index contributed by atoms with van der Waals surface area (Å²) in [6.45, 7) is 3.88. The molecular formula is C15H20FNO4. The Balaban J connectivity index is 2.74. The molecule has 6 heteroatoms. The van der Waals surface area contributed by atoms with E-state index in [1.54, 1.807) is 19.9 Å². The van der Waals surface area contributed by atoms with Gasteiger partial charge in [-0.05, 0) is 24.6 Å². The zero-order chi connectivity index (χ0) is 16.0. The number of carboxylic acid groups (broad SMARTS) is 1. The third kappa shape index (κ3) is 4.73. The number of likely N-dealkylation sites (N-methyl/N-ethyl adjacent to an activating group) is 1. The first kappa shape index (κ1) is 16.9. The molecule has 116 valence electrons. The Morgan fingerprint density at radius 1 is 1.43 bits per heavy atom. The van der Waals surface area contributed by atoms with Gasteiger partial charge in [0.05, 0.1) is 19.4 Å². The second-order valence-corrected chi connectivity index (χ2v) is 4.82. The molecule has 0 aliphatic rings. The maximum Gasteiger partial charge on any atom is 0.308 e. The van der Waals surface area contributed by atoms with Gasteiger partial charge < -0.3 is 14.7 Å². The van der Waals surface area contributed by atoms with Gasteiger partial charge in [0, 0.05) is 13.1 Å². The van der Waals surface area contributed by atoms with Crippen molar-refractivity contribution >= 4 is 11.9 Å². The molecule has 21 heavy (non-hydrogen) atoms. The smallest absolute Gasteiger partial charge is 0.308 e. The van der Waals surface area contributed by atoms with Crippen LogP contribution >= 0.6 is 0 Å². The van der Waals surface area contributed by atoms with Gasteiger partial charge in [0.25, 0.3) is 0 Å². The average Bonchev–Trinajstić information content (AvgIpc) is 2.44. The zero-order valence-electron chi connectivity index (χ0n) is 12.4. The highest BCUT2D eigenvalue weighted by Crippen LogP contribution is 2.18. The average molecular weight is 297 g/mol. The highest BCUT2D eigenvalue weighted by Gasteiger charge is 2.19. The number of hydrogen-bond donors (Lipinski definition) is 1. The summed E-state index contributed by atoms with van der Waals surface area (Å²) < 4.78 is 18.4. The molecule has 1 rings (SSSR count). The summed E-state index contributed by atoms with van der Waals surface area (Å²) in [6.07, 6.45) is 0.0289. The van der Waals surface area contributed by atoms with Gasteiger partial charge in [-0.25, -0.2) is 4.39 Å². The molecule has 1 unspecified atom stereocenters. The number of methoxy groups -OCH3 is 1. The maximum absolute atomic E-state index is 13.6. The number of carbonyl (C=O) groups excluding carboxylic acids is 1. The summed E-state index contributed by atoms with van der Waals surface area (Å²) in [4.78, 5) is 24.5. The van der Waals surface area contributed by atoms with E-state index in [2.05, 4.69) is 0 Å². The predicted molar refractivity (Wildman–Crippen MR) is 75.7 cm³/mol. The van der Waals surface area contributed by atoms with Crippen molar-refractivity contribution < 1.29 is 23.8 Å². The number of carbonyl (C=O) groups is 2. The van der Waals surface area contributed by atoms with E-state index in [1.165, 1.54) is 24.1 Å². The van der Waals surface area contributed by atoms with Gasteiger partial charge in [-0.2, -0.15) is 0 Å². The monoisotopic (exact) mass is 297 g/mol.